The molecule has 0 bridgehead atoms. The fourth-order valence-electron chi connectivity index (χ4n) is 6.89. The van der Waals surface area contributed by atoms with Gasteiger partial charge in [0.2, 0.25) is 0 Å². The molecule has 0 heterocycles. The SMILES string of the molecule is CC1=C[CH-]C(C)(C)c2cc3c(cc21)-c1cc2c(cc1C3)C(C)(C)CC=C2C.C[C](=[Zr+2])c1ccccc1.Cc1cc(C(C)(C)C)c[cH-]1.[Cl-].[Cl-]. The second-order valence-corrected chi connectivity index (χ2v) is 17.8. The van der Waals surface area contributed by atoms with Gasteiger partial charge in [-0.3, -0.25) is 0 Å². The quantitative estimate of drug-likeness (QED) is 0.184. The zero-order valence-electron chi connectivity index (χ0n) is 30.8. The molecular formula is C45H52Cl2Zr-2. The Morgan fingerprint density at radius 1 is 0.750 bits per heavy atom. The van der Waals surface area contributed by atoms with E-state index in [1.807, 2.05) is 6.07 Å². The summed E-state index contributed by atoms with van der Waals surface area (Å²) in [5.41, 5.74) is 19.5. The van der Waals surface area contributed by atoms with Crippen LogP contribution in [0.15, 0.2) is 84.9 Å². The minimum Gasteiger partial charge on any atom is -1.00 e. The van der Waals surface area contributed by atoms with Crippen LogP contribution in [0.1, 0.15) is 126 Å². The van der Waals surface area contributed by atoms with Crippen LogP contribution in [-0.2, 0) is 46.9 Å². The van der Waals surface area contributed by atoms with Crippen molar-refractivity contribution < 1.29 is 49.0 Å². The average Bonchev–Trinajstić information content (AvgIpc) is 3.60. The van der Waals surface area contributed by atoms with Gasteiger partial charge in [0, 0.05) is 0 Å². The van der Waals surface area contributed by atoms with E-state index in [1.54, 1.807) is 0 Å². The van der Waals surface area contributed by atoms with E-state index < -0.39 is 0 Å². The van der Waals surface area contributed by atoms with Crippen LogP contribution in [0.3, 0.4) is 0 Å². The molecule has 0 nitrogen and oxygen atoms in total. The molecule has 0 fully saturated rings. The Kier molecular flexibility index (Phi) is 12.8. The number of rotatable bonds is 1. The van der Waals surface area contributed by atoms with E-state index in [4.69, 9.17) is 0 Å². The van der Waals surface area contributed by atoms with E-state index in [2.05, 4.69) is 161 Å². The van der Waals surface area contributed by atoms with Crippen molar-refractivity contribution in [1.29, 1.82) is 0 Å². The smallest absolute Gasteiger partial charge is 0.0635 e. The minimum atomic E-state index is 0. The Bertz CT molecular complexity index is 1750. The number of fused-ring (bicyclic) bond motifs is 5. The van der Waals surface area contributed by atoms with E-state index >= 15 is 0 Å². The Morgan fingerprint density at radius 3 is 1.79 bits per heavy atom. The van der Waals surface area contributed by atoms with Gasteiger partial charge in [0.25, 0.3) is 0 Å². The Morgan fingerprint density at radius 2 is 1.31 bits per heavy atom. The van der Waals surface area contributed by atoms with Crippen LogP contribution in [0.5, 0.6) is 0 Å². The number of hydrogen-bond donors (Lipinski definition) is 0. The minimum absolute atomic E-state index is 0. The Balaban J connectivity index is 0.000000246. The Hall–Kier alpha value is -2.31. The molecule has 48 heavy (non-hydrogen) atoms. The largest absolute Gasteiger partial charge is 1.00 e. The molecule has 0 radical (unpaired) electrons. The maximum Gasteiger partial charge on any atom is -0.0635 e. The molecule has 0 saturated carbocycles. The van der Waals surface area contributed by atoms with Gasteiger partial charge in [-0.05, 0) is 70.2 Å². The zero-order valence-corrected chi connectivity index (χ0v) is 34.8. The van der Waals surface area contributed by atoms with Crippen molar-refractivity contribution in [2.45, 2.75) is 105 Å². The standard InChI is InChI=1S/C27H29.C10H15.C8H8.2ClH.Zr/c1-16-7-9-26(3,4)24-12-18-11-19-13-25-21(17(2)8-10-27(25,5)6)15-23(19)22(18)14-20(16)24;1-8-5-6-9(7-8)10(2,3)4;1-2-8-6-4-3-5-7-8;;;/h7-9,12-15H,10-11H2,1-6H3;5-7H,1-4H3;3-7H,1H3;2*1H;/q2*-1;;;;+2/p-2. The first-order chi connectivity index (χ1) is 21.5. The third-order valence-corrected chi connectivity index (χ3v) is 10.8. The van der Waals surface area contributed by atoms with Crippen LogP contribution in [0.2, 0.25) is 0 Å². The van der Waals surface area contributed by atoms with Crippen LogP contribution < -0.4 is 24.8 Å². The first kappa shape index (κ1) is 40.1. The van der Waals surface area contributed by atoms with Crippen LogP contribution in [0, 0.1) is 13.3 Å². The number of hydrogen-bond acceptors (Lipinski definition) is 0. The van der Waals surface area contributed by atoms with Gasteiger partial charge < -0.3 is 24.8 Å². The maximum atomic E-state index is 2.51. The van der Waals surface area contributed by atoms with Gasteiger partial charge in [0.15, 0.2) is 0 Å². The summed E-state index contributed by atoms with van der Waals surface area (Å²) in [6.45, 7) is 25.0. The summed E-state index contributed by atoms with van der Waals surface area (Å²) in [6, 6.07) is 27.0. The first-order valence-corrected chi connectivity index (χ1v) is 18.1. The maximum absolute atomic E-state index is 2.51. The first-order valence-electron chi connectivity index (χ1n) is 16.9. The summed E-state index contributed by atoms with van der Waals surface area (Å²) in [4.78, 5) is 0. The van der Waals surface area contributed by atoms with E-state index in [0.29, 0.717) is 5.41 Å². The summed E-state index contributed by atoms with van der Waals surface area (Å²) < 4.78 is 1.46. The normalized spacial score (nSPS) is 15.8. The van der Waals surface area contributed by atoms with Gasteiger partial charge >= 0.3 is 70.3 Å². The predicted molar refractivity (Wildman–Crippen MR) is 199 cm³/mol. The van der Waals surface area contributed by atoms with Crippen molar-refractivity contribution in [3.05, 3.63) is 141 Å². The van der Waals surface area contributed by atoms with E-state index in [9.17, 15) is 0 Å². The van der Waals surface area contributed by atoms with E-state index in [1.165, 1.54) is 99.8 Å². The van der Waals surface area contributed by atoms with Gasteiger partial charge in [-0.15, -0.1) is 12.5 Å². The number of halogens is 2. The average molecular weight is 755 g/mol. The molecule has 0 saturated heterocycles. The zero-order chi connectivity index (χ0) is 33.6. The summed E-state index contributed by atoms with van der Waals surface area (Å²) in [5, 5.41) is 0. The molecule has 0 spiro atoms. The van der Waals surface area contributed by atoms with Crippen LogP contribution in [0.4, 0.5) is 0 Å². The fraction of sp³-hybridized carbons (Fsp3) is 0.356. The molecule has 252 valence electrons. The molecule has 3 aliphatic rings. The Labute approximate surface area is 319 Å². The third-order valence-electron chi connectivity index (χ3n) is 10.1. The van der Waals surface area contributed by atoms with Gasteiger partial charge in [-0.2, -0.15) is 28.8 Å². The van der Waals surface area contributed by atoms with Crippen molar-refractivity contribution in [1.82, 2.24) is 0 Å². The van der Waals surface area contributed by atoms with Crippen LogP contribution in [0.25, 0.3) is 22.3 Å². The fourth-order valence-corrected chi connectivity index (χ4v) is 7.30. The summed E-state index contributed by atoms with van der Waals surface area (Å²) >= 11 is 1.51. The molecule has 0 aliphatic heterocycles. The topological polar surface area (TPSA) is 0 Å². The van der Waals surface area contributed by atoms with Gasteiger partial charge in [0.05, 0.1) is 0 Å². The second-order valence-electron chi connectivity index (χ2n) is 15.9. The summed E-state index contributed by atoms with van der Waals surface area (Å²) in [6.07, 6.45) is 9.28. The summed E-state index contributed by atoms with van der Waals surface area (Å²) in [7, 11) is 0. The van der Waals surface area contributed by atoms with Crippen molar-refractivity contribution in [2.24, 2.45) is 0 Å². The molecule has 3 heteroatoms. The molecule has 0 amide bonds. The van der Waals surface area contributed by atoms with E-state index in [0.717, 1.165) is 12.8 Å². The molecule has 7 rings (SSSR count). The van der Waals surface area contributed by atoms with Crippen LogP contribution >= 0.6 is 0 Å². The summed E-state index contributed by atoms with van der Waals surface area (Å²) in [5.74, 6) is 0. The van der Waals surface area contributed by atoms with Crippen LogP contribution in [-0.4, -0.2) is 3.21 Å². The molecule has 4 aromatic carbocycles. The van der Waals surface area contributed by atoms with Gasteiger partial charge in [0.1, 0.15) is 0 Å². The van der Waals surface area contributed by atoms with Crippen molar-refractivity contribution >= 4 is 14.4 Å². The predicted octanol–water partition coefficient (Wildman–Crippen LogP) is 6.03. The van der Waals surface area contributed by atoms with Crippen molar-refractivity contribution in [3.8, 4) is 11.1 Å². The van der Waals surface area contributed by atoms with Gasteiger partial charge in [-0.1, -0.05) is 96.1 Å². The van der Waals surface area contributed by atoms with Gasteiger partial charge in [-0.25, -0.2) is 18.6 Å². The molecule has 0 unspecified atom stereocenters. The monoisotopic (exact) mass is 752 g/mol. The molecule has 0 aromatic heterocycles. The number of allylic oxidation sites excluding steroid dienone is 4. The molecule has 0 N–H and O–H groups in total. The molecular weight excluding hydrogens is 703 g/mol. The second kappa shape index (κ2) is 15.3. The third kappa shape index (κ3) is 8.52. The van der Waals surface area contributed by atoms with Crippen molar-refractivity contribution in [2.75, 3.05) is 0 Å². The molecule has 3 aliphatic carbocycles. The number of benzene rings is 3. The van der Waals surface area contributed by atoms with E-state index in [-0.39, 0.29) is 35.6 Å². The van der Waals surface area contributed by atoms with Crippen molar-refractivity contribution in [3.63, 3.8) is 0 Å². The molecule has 0 atom stereocenters. The number of aryl methyl sites for hydroxylation is 1. The molecule has 4 aromatic rings.